The summed E-state index contributed by atoms with van der Waals surface area (Å²) in [5.74, 6) is -3.02. The van der Waals surface area contributed by atoms with Gasteiger partial charge in [0, 0.05) is 12.4 Å². The Balaban J connectivity index is 2.44. The highest BCUT2D eigenvalue weighted by molar-refractivity contribution is 5.22. The third-order valence-electron chi connectivity index (χ3n) is 1.30. The Kier molecular flexibility index (Phi) is 3.07. The zero-order valence-corrected chi connectivity index (χ0v) is 6.74. The van der Waals surface area contributed by atoms with Crippen LogP contribution >= 0.6 is 0 Å². The molecule has 0 fully saturated rings. The lowest BCUT2D eigenvalue weighted by atomic mass is 10.3. The molecule has 0 aliphatic rings. The Morgan fingerprint density at radius 2 is 2.00 bits per heavy atom. The maximum atomic E-state index is 12.5. The minimum atomic E-state index is -3.14. The molecule has 0 atom stereocenters. The van der Waals surface area contributed by atoms with Crippen molar-refractivity contribution in [1.29, 1.82) is 0 Å². The van der Waals surface area contributed by atoms with E-state index in [9.17, 15) is 8.78 Å². The molecule has 13 heavy (non-hydrogen) atoms. The minimum Gasteiger partial charge on any atom is -0.390 e. The van der Waals surface area contributed by atoms with E-state index in [1.165, 1.54) is 12.4 Å². The van der Waals surface area contributed by atoms with Gasteiger partial charge in [0.15, 0.2) is 0 Å². The zero-order valence-electron chi connectivity index (χ0n) is 6.74. The molecular formula is C7H9F2N3O. The number of halogens is 2. The standard InChI is InChI=1S/C7H9F2N3O/c8-7(9,5-13)4-12-6-10-2-1-3-11-6/h1-3,13H,4-5H2,(H,10,11,12). The fraction of sp³-hybridized carbons (Fsp3) is 0.429. The van der Waals surface area contributed by atoms with Gasteiger partial charge in [-0.3, -0.25) is 0 Å². The summed E-state index contributed by atoms with van der Waals surface area (Å²) in [5.41, 5.74) is 0. The van der Waals surface area contributed by atoms with Crippen LogP contribution in [0.25, 0.3) is 0 Å². The third kappa shape index (κ3) is 3.29. The number of anilines is 1. The van der Waals surface area contributed by atoms with Crippen molar-refractivity contribution in [2.24, 2.45) is 0 Å². The summed E-state index contributed by atoms with van der Waals surface area (Å²) in [5, 5.41) is 10.5. The van der Waals surface area contributed by atoms with E-state index < -0.39 is 19.1 Å². The van der Waals surface area contributed by atoms with Crippen LogP contribution in [0.15, 0.2) is 18.5 Å². The second-order valence-electron chi connectivity index (χ2n) is 2.44. The van der Waals surface area contributed by atoms with Gasteiger partial charge >= 0.3 is 0 Å². The molecular weight excluding hydrogens is 180 g/mol. The molecule has 0 saturated heterocycles. The Hall–Kier alpha value is -1.30. The molecule has 0 spiro atoms. The van der Waals surface area contributed by atoms with E-state index >= 15 is 0 Å². The predicted octanol–water partition coefficient (Wildman–Crippen LogP) is 0.516. The van der Waals surface area contributed by atoms with E-state index in [0.29, 0.717) is 0 Å². The van der Waals surface area contributed by atoms with Crippen LogP contribution in [-0.4, -0.2) is 34.1 Å². The van der Waals surface area contributed by atoms with Crippen molar-refractivity contribution in [2.75, 3.05) is 18.5 Å². The van der Waals surface area contributed by atoms with Crippen molar-refractivity contribution in [2.45, 2.75) is 5.92 Å². The molecule has 0 unspecified atom stereocenters. The number of aliphatic hydroxyl groups excluding tert-OH is 1. The summed E-state index contributed by atoms with van der Waals surface area (Å²) >= 11 is 0. The SMILES string of the molecule is OCC(F)(F)CNc1ncccn1. The first kappa shape index (κ1) is 9.79. The Morgan fingerprint density at radius 1 is 1.38 bits per heavy atom. The van der Waals surface area contributed by atoms with Gasteiger partial charge in [-0.25, -0.2) is 18.7 Å². The van der Waals surface area contributed by atoms with Crippen LogP contribution in [0.3, 0.4) is 0 Å². The van der Waals surface area contributed by atoms with E-state index in [1.807, 2.05) is 0 Å². The summed E-state index contributed by atoms with van der Waals surface area (Å²) < 4.78 is 24.9. The van der Waals surface area contributed by atoms with Gasteiger partial charge in [-0.2, -0.15) is 0 Å². The van der Waals surface area contributed by atoms with Crippen molar-refractivity contribution in [3.8, 4) is 0 Å². The lowest BCUT2D eigenvalue weighted by molar-refractivity contribution is -0.0374. The molecule has 0 bridgehead atoms. The van der Waals surface area contributed by atoms with Crippen molar-refractivity contribution < 1.29 is 13.9 Å². The molecule has 0 aliphatic carbocycles. The van der Waals surface area contributed by atoms with Crippen molar-refractivity contribution in [1.82, 2.24) is 9.97 Å². The fourth-order valence-electron chi connectivity index (χ4n) is 0.655. The highest BCUT2D eigenvalue weighted by Gasteiger charge is 2.27. The third-order valence-corrected chi connectivity index (χ3v) is 1.30. The van der Waals surface area contributed by atoms with Gasteiger partial charge in [-0.1, -0.05) is 0 Å². The van der Waals surface area contributed by atoms with Gasteiger partial charge in [0.05, 0.1) is 6.54 Å². The zero-order chi connectivity index (χ0) is 9.73. The molecule has 1 heterocycles. The smallest absolute Gasteiger partial charge is 0.287 e. The summed E-state index contributed by atoms with van der Waals surface area (Å²) in [7, 11) is 0. The normalized spacial score (nSPS) is 11.3. The van der Waals surface area contributed by atoms with E-state index in [1.54, 1.807) is 6.07 Å². The van der Waals surface area contributed by atoms with Crippen LogP contribution in [-0.2, 0) is 0 Å². The first-order chi connectivity index (χ1) is 6.14. The van der Waals surface area contributed by atoms with Crippen molar-refractivity contribution in [3.63, 3.8) is 0 Å². The van der Waals surface area contributed by atoms with Gasteiger partial charge in [-0.05, 0) is 6.07 Å². The molecule has 1 aromatic heterocycles. The first-order valence-electron chi connectivity index (χ1n) is 3.64. The minimum absolute atomic E-state index is 0.121. The molecule has 72 valence electrons. The average Bonchev–Trinajstić information content (AvgIpc) is 2.17. The first-order valence-corrected chi connectivity index (χ1v) is 3.64. The summed E-state index contributed by atoms with van der Waals surface area (Å²) in [6.07, 6.45) is 2.87. The average molecular weight is 189 g/mol. The summed E-state index contributed by atoms with van der Waals surface area (Å²) in [6.45, 7) is -1.86. The second-order valence-corrected chi connectivity index (χ2v) is 2.44. The number of aliphatic hydroxyl groups is 1. The van der Waals surface area contributed by atoms with Crippen LogP contribution in [0.2, 0.25) is 0 Å². The van der Waals surface area contributed by atoms with E-state index in [2.05, 4.69) is 15.3 Å². The van der Waals surface area contributed by atoms with Gasteiger partial charge in [-0.15, -0.1) is 0 Å². The molecule has 0 radical (unpaired) electrons. The molecule has 0 aromatic carbocycles. The van der Waals surface area contributed by atoms with E-state index in [4.69, 9.17) is 5.11 Å². The molecule has 2 N–H and O–H groups in total. The topological polar surface area (TPSA) is 58.0 Å². The quantitative estimate of drug-likeness (QED) is 0.724. The van der Waals surface area contributed by atoms with Crippen molar-refractivity contribution in [3.05, 3.63) is 18.5 Å². The molecule has 4 nitrogen and oxygen atoms in total. The number of nitrogens with one attached hydrogen (secondary N) is 1. The molecule has 0 amide bonds. The Labute approximate surface area is 73.6 Å². The summed E-state index contributed by atoms with van der Waals surface area (Å²) in [6, 6.07) is 1.58. The molecule has 1 aromatic rings. The maximum absolute atomic E-state index is 12.5. The van der Waals surface area contributed by atoms with Gasteiger partial charge in [0.25, 0.3) is 5.92 Å². The second kappa shape index (κ2) is 4.08. The van der Waals surface area contributed by atoms with Crippen LogP contribution in [0.5, 0.6) is 0 Å². The van der Waals surface area contributed by atoms with E-state index in [0.717, 1.165) is 0 Å². The highest BCUT2D eigenvalue weighted by atomic mass is 19.3. The predicted molar refractivity (Wildman–Crippen MR) is 42.6 cm³/mol. The van der Waals surface area contributed by atoms with E-state index in [-0.39, 0.29) is 5.95 Å². The lowest BCUT2D eigenvalue weighted by Crippen LogP contribution is -2.31. The lowest BCUT2D eigenvalue weighted by Gasteiger charge is -2.13. The van der Waals surface area contributed by atoms with Gasteiger partial charge < -0.3 is 10.4 Å². The maximum Gasteiger partial charge on any atom is 0.287 e. The molecule has 0 aliphatic heterocycles. The van der Waals surface area contributed by atoms with Crippen LogP contribution in [0, 0.1) is 0 Å². The number of hydrogen-bond donors (Lipinski definition) is 2. The van der Waals surface area contributed by atoms with Crippen LogP contribution in [0.1, 0.15) is 0 Å². The Bertz CT molecular complexity index is 255. The van der Waals surface area contributed by atoms with Crippen LogP contribution < -0.4 is 5.32 Å². The molecule has 0 saturated carbocycles. The number of alkyl halides is 2. The van der Waals surface area contributed by atoms with Gasteiger partial charge in [0.2, 0.25) is 5.95 Å². The van der Waals surface area contributed by atoms with Gasteiger partial charge in [0.1, 0.15) is 6.61 Å². The molecule has 6 heteroatoms. The largest absolute Gasteiger partial charge is 0.390 e. The monoisotopic (exact) mass is 189 g/mol. The Morgan fingerprint density at radius 3 is 2.54 bits per heavy atom. The number of nitrogens with zero attached hydrogens (tertiary/aromatic N) is 2. The molecule has 1 rings (SSSR count). The number of aromatic nitrogens is 2. The summed E-state index contributed by atoms with van der Waals surface area (Å²) in [4.78, 5) is 7.36. The van der Waals surface area contributed by atoms with Crippen LogP contribution in [0.4, 0.5) is 14.7 Å². The van der Waals surface area contributed by atoms with Crippen molar-refractivity contribution >= 4 is 5.95 Å². The highest BCUT2D eigenvalue weighted by Crippen LogP contribution is 2.11. The number of rotatable bonds is 4. The fourth-order valence-corrected chi connectivity index (χ4v) is 0.655. The number of hydrogen-bond acceptors (Lipinski definition) is 4.